The summed E-state index contributed by atoms with van der Waals surface area (Å²) in [7, 11) is -1.09. The summed E-state index contributed by atoms with van der Waals surface area (Å²) >= 11 is 5.87. The number of rotatable bonds is 6. The van der Waals surface area contributed by atoms with Crippen LogP contribution in [0.2, 0.25) is 5.02 Å². The van der Waals surface area contributed by atoms with Crippen LogP contribution in [-0.4, -0.2) is 16.6 Å². The highest BCUT2D eigenvalue weighted by atomic mass is 35.5. The highest BCUT2D eigenvalue weighted by Crippen LogP contribution is 2.17. The van der Waals surface area contributed by atoms with Crippen molar-refractivity contribution in [3.8, 4) is 11.8 Å². The van der Waals surface area contributed by atoms with Crippen molar-refractivity contribution in [1.82, 2.24) is 0 Å². The molecule has 1 atom stereocenters. The zero-order valence-corrected chi connectivity index (χ0v) is 12.9. The zero-order chi connectivity index (χ0) is 15.1. The van der Waals surface area contributed by atoms with E-state index < -0.39 is 10.8 Å². The molecule has 0 N–H and O–H groups in total. The van der Waals surface area contributed by atoms with Crippen LogP contribution in [0.15, 0.2) is 53.4 Å². The summed E-state index contributed by atoms with van der Waals surface area (Å²) in [6.07, 6.45) is 0.638. The van der Waals surface area contributed by atoms with Gasteiger partial charge in [0.2, 0.25) is 0 Å². The SMILES string of the molecule is N#Cc1ccccc1OCCCS(=O)c1cccc(Cl)c1. The quantitative estimate of drug-likeness (QED) is 0.761. The fraction of sp³-hybridized carbons (Fsp3) is 0.188. The summed E-state index contributed by atoms with van der Waals surface area (Å²) in [4.78, 5) is 0.722. The van der Waals surface area contributed by atoms with Crippen LogP contribution in [0.4, 0.5) is 0 Å². The molecule has 21 heavy (non-hydrogen) atoms. The van der Waals surface area contributed by atoms with Crippen LogP contribution < -0.4 is 4.74 Å². The average Bonchev–Trinajstić information content (AvgIpc) is 2.51. The minimum atomic E-state index is -1.09. The van der Waals surface area contributed by atoms with Crippen molar-refractivity contribution in [2.24, 2.45) is 0 Å². The summed E-state index contributed by atoms with van der Waals surface area (Å²) < 4.78 is 17.6. The van der Waals surface area contributed by atoms with Crippen LogP contribution in [0, 0.1) is 11.3 Å². The van der Waals surface area contributed by atoms with E-state index in [9.17, 15) is 4.21 Å². The van der Waals surface area contributed by atoms with Gasteiger partial charge in [-0.2, -0.15) is 5.26 Å². The van der Waals surface area contributed by atoms with Crippen LogP contribution in [0.5, 0.6) is 5.75 Å². The van der Waals surface area contributed by atoms with Gasteiger partial charge in [-0.05, 0) is 36.8 Å². The summed E-state index contributed by atoms with van der Waals surface area (Å²) in [5.41, 5.74) is 0.508. The number of nitrogens with zero attached hydrogens (tertiary/aromatic N) is 1. The standard InChI is InChI=1S/C16H14ClNO2S/c17-14-6-3-7-15(11-14)21(19)10-4-9-20-16-8-2-1-5-13(16)12-18/h1-3,5-8,11H,4,9-10H2. The van der Waals surface area contributed by atoms with Gasteiger partial charge in [0.05, 0.1) is 23.0 Å². The van der Waals surface area contributed by atoms with E-state index in [0.717, 1.165) is 4.90 Å². The van der Waals surface area contributed by atoms with Gasteiger partial charge in [0.25, 0.3) is 0 Å². The van der Waals surface area contributed by atoms with Gasteiger partial charge >= 0.3 is 0 Å². The van der Waals surface area contributed by atoms with Gasteiger partial charge in [0.1, 0.15) is 11.8 Å². The molecule has 0 fully saturated rings. The van der Waals surface area contributed by atoms with Crippen LogP contribution in [0.3, 0.4) is 0 Å². The second-order valence-electron chi connectivity index (χ2n) is 4.32. The Morgan fingerprint density at radius 3 is 2.76 bits per heavy atom. The maximum Gasteiger partial charge on any atom is 0.137 e. The molecule has 108 valence electrons. The van der Waals surface area contributed by atoms with Gasteiger partial charge in [-0.15, -0.1) is 0 Å². The molecule has 0 aliphatic carbocycles. The molecular formula is C16H14ClNO2S. The van der Waals surface area contributed by atoms with E-state index in [2.05, 4.69) is 6.07 Å². The number of para-hydroxylation sites is 1. The highest BCUT2D eigenvalue weighted by molar-refractivity contribution is 7.85. The van der Waals surface area contributed by atoms with E-state index in [4.69, 9.17) is 21.6 Å². The Balaban J connectivity index is 1.82. The summed E-state index contributed by atoms with van der Waals surface area (Å²) in [5, 5.41) is 9.53. The van der Waals surface area contributed by atoms with Gasteiger partial charge in [-0.3, -0.25) is 4.21 Å². The number of benzene rings is 2. The largest absolute Gasteiger partial charge is 0.492 e. The molecule has 5 heteroatoms. The van der Waals surface area contributed by atoms with E-state index in [1.165, 1.54) is 0 Å². The molecule has 3 nitrogen and oxygen atoms in total. The summed E-state index contributed by atoms with van der Waals surface area (Å²) in [5.74, 6) is 1.06. The molecular weight excluding hydrogens is 306 g/mol. The summed E-state index contributed by atoms with van der Waals surface area (Å²) in [6, 6.07) is 16.2. The van der Waals surface area contributed by atoms with Crippen molar-refractivity contribution in [3.05, 3.63) is 59.1 Å². The lowest BCUT2D eigenvalue weighted by atomic mass is 10.2. The molecule has 2 aromatic carbocycles. The third-order valence-corrected chi connectivity index (χ3v) is 4.47. The van der Waals surface area contributed by atoms with Crippen molar-refractivity contribution in [3.63, 3.8) is 0 Å². The smallest absolute Gasteiger partial charge is 0.137 e. The second-order valence-corrected chi connectivity index (χ2v) is 6.32. The first-order valence-electron chi connectivity index (χ1n) is 6.46. The van der Waals surface area contributed by atoms with Gasteiger partial charge in [0, 0.05) is 15.7 Å². The number of hydrogen-bond acceptors (Lipinski definition) is 3. The lowest BCUT2D eigenvalue weighted by Gasteiger charge is -2.07. The van der Waals surface area contributed by atoms with Crippen molar-refractivity contribution in [1.29, 1.82) is 5.26 Å². The lowest BCUT2D eigenvalue weighted by Crippen LogP contribution is -2.05. The monoisotopic (exact) mass is 319 g/mol. The molecule has 0 saturated heterocycles. The van der Waals surface area contributed by atoms with E-state index >= 15 is 0 Å². The molecule has 0 aliphatic rings. The Bertz CT molecular complexity index is 682. The average molecular weight is 320 g/mol. The highest BCUT2D eigenvalue weighted by Gasteiger charge is 2.05. The van der Waals surface area contributed by atoms with Gasteiger partial charge in [0.15, 0.2) is 0 Å². The van der Waals surface area contributed by atoms with Gasteiger partial charge in [-0.1, -0.05) is 29.8 Å². The zero-order valence-electron chi connectivity index (χ0n) is 11.3. The first-order valence-corrected chi connectivity index (χ1v) is 8.16. The molecule has 0 amide bonds. The predicted molar refractivity (Wildman–Crippen MR) is 84.0 cm³/mol. The number of nitriles is 1. The van der Waals surface area contributed by atoms with Crippen molar-refractivity contribution < 1.29 is 8.95 Å². The Morgan fingerprint density at radius 1 is 1.19 bits per heavy atom. The minimum absolute atomic E-state index is 0.422. The van der Waals surface area contributed by atoms with Crippen molar-refractivity contribution >= 4 is 22.4 Å². The molecule has 2 rings (SSSR count). The summed E-state index contributed by atoms with van der Waals surface area (Å²) in [6.45, 7) is 0.422. The Hall–Kier alpha value is -1.83. The van der Waals surface area contributed by atoms with Crippen molar-refractivity contribution in [2.45, 2.75) is 11.3 Å². The van der Waals surface area contributed by atoms with Gasteiger partial charge < -0.3 is 4.74 Å². The van der Waals surface area contributed by atoms with Gasteiger partial charge in [-0.25, -0.2) is 0 Å². The van der Waals surface area contributed by atoms with E-state index in [1.807, 2.05) is 6.07 Å². The lowest BCUT2D eigenvalue weighted by molar-refractivity contribution is 0.317. The number of hydrogen-bond donors (Lipinski definition) is 0. The molecule has 2 aromatic rings. The minimum Gasteiger partial charge on any atom is -0.492 e. The number of ether oxygens (including phenoxy) is 1. The van der Waals surface area contributed by atoms with E-state index in [-0.39, 0.29) is 0 Å². The molecule has 0 aromatic heterocycles. The van der Waals surface area contributed by atoms with Crippen LogP contribution >= 0.6 is 11.6 Å². The topological polar surface area (TPSA) is 50.1 Å². The maximum atomic E-state index is 12.1. The Kier molecular flexibility index (Phi) is 5.79. The Morgan fingerprint density at radius 2 is 2.00 bits per heavy atom. The molecule has 0 bridgehead atoms. The fourth-order valence-corrected chi connectivity index (χ4v) is 3.14. The fourth-order valence-electron chi connectivity index (χ4n) is 1.78. The first kappa shape index (κ1) is 15.6. The molecule has 1 unspecified atom stereocenters. The van der Waals surface area contributed by atoms with Crippen LogP contribution in [-0.2, 0) is 10.8 Å². The van der Waals surface area contributed by atoms with E-state index in [0.29, 0.717) is 35.1 Å². The predicted octanol–water partition coefficient (Wildman–Crippen LogP) is 3.79. The molecule has 0 radical (unpaired) electrons. The van der Waals surface area contributed by atoms with Crippen LogP contribution in [0.1, 0.15) is 12.0 Å². The third kappa shape index (κ3) is 4.59. The molecule has 0 spiro atoms. The first-order chi connectivity index (χ1) is 10.2. The molecule has 0 saturated carbocycles. The second kappa shape index (κ2) is 7.82. The normalized spacial score (nSPS) is 11.6. The third-order valence-electron chi connectivity index (χ3n) is 2.80. The number of halogens is 1. The van der Waals surface area contributed by atoms with Crippen molar-refractivity contribution in [2.75, 3.05) is 12.4 Å². The van der Waals surface area contributed by atoms with E-state index in [1.54, 1.807) is 42.5 Å². The molecule has 0 aliphatic heterocycles. The Labute approximate surface area is 131 Å². The molecule has 0 heterocycles. The van der Waals surface area contributed by atoms with Crippen LogP contribution in [0.25, 0.3) is 0 Å². The maximum absolute atomic E-state index is 12.1.